The molecule has 1 atom stereocenters. The summed E-state index contributed by atoms with van der Waals surface area (Å²) in [7, 11) is 0. The van der Waals surface area contributed by atoms with Crippen LogP contribution < -0.4 is 10.6 Å². The highest BCUT2D eigenvalue weighted by molar-refractivity contribution is 6.00. The fraction of sp³-hybridized carbons (Fsp3) is 0.368. The van der Waals surface area contributed by atoms with E-state index in [0.29, 0.717) is 0 Å². The third kappa shape index (κ3) is 4.48. The van der Waals surface area contributed by atoms with Gasteiger partial charge in [0, 0.05) is 12.2 Å². The average molecular weight is 341 g/mol. The maximum absolute atomic E-state index is 12.4. The van der Waals surface area contributed by atoms with Crippen LogP contribution in [0.15, 0.2) is 47.1 Å². The molecule has 2 aromatic rings. The van der Waals surface area contributed by atoms with Crippen LogP contribution in [0.5, 0.6) is 0 Å². The van der Waals surface area contributed by atoms with Crippen LogP contribution in [0, 0.1) is 0 Å². The van der Waals surface area contributed by atoms with E-state index in [-0.39, 0.29) is 11.7 Å². The Morgan fingerprint density at radius 2 is 1.92 bits per heavy atom. The predicted octanol–water partition coefficient (Wildman–Crippen LogP) is 2.63. The van der Waals surface area contributed by atoms with E-state index in [0.717, 1.165) is 30.9 Å². The van der Waals surface area contributed by atoms with E-state index in [9.17, 15) is 9.59 Å². The molecule has 1 aliphatic rings. The van der Waals surface area contributed by atoms with Crippen molar-refractivity contribution in [3.63, 3.8) is 0 Å². The lowest BCUT2D eigenvalue weighted by atomic mass is 10.1. The Kier molecular flexibility index (Phi) is 5.50. The van der Waals surface area contributed by atoms with Gasteiger partial charge in [-0.1, -0.05) is 18.2 Å². The van der Waals surface area contributed by atoms with Crippen molar-refractivity contribution in [2.24, 2.45) is 0 Å². The number of rotatable bonds is 6. The molecule has 0 spiro atoms. The van der Waals surface area contributed by atoms with Gasteiger partial charge in [0.1, 0.15) is 6.04 Å². The summed E-state index contributed by atoms with van der Waals surface area (Å²) < 4.78 is 5.04. The Bertz CT molecular complexity index is 721. The summed E-state index contributed by atoms with van der Waals surface area (Å²) in [6, 6.07) is 10.3. The Labute approximate surface area is 147 Å². The van der Waals surface area contributed by atoms with Gasteiger partial charge in [0.2, 0.25) is 5.91 Å². The van der Waals surface area contributed by atoms with Gasteiger partial charge in [-0.3, -0.25) is 14.5 Å². The number of para-hydroxylation sites is 1. The first-order valence-corrected chi connectivity index (χ1v) is 8.59. The molecule has 0 radical (unpaired) electrons. The van der Waals surface area contributed by atoms with Gasteiger partial charge in [-0.2, -0.15) is 0 Å². The number of likely N-dealkylation sites (tertiary alicyclic amines) is 1. The zero-order valence-electron chi connectivity index (χ0n) is 14.3. The number of furan rings is 1. The molecule has 1 saturated heterocycles. The minimum atomic E-state index is -0.669. The van der Waals surface area contributed by atoms with Crippen LogP contribution in [0.2, 0.25) is 0 Å². The molecule has 0 bridgehead atoms. The molecule has 2 amide bonds. The Hall–Kier alpha value is -2.60. The number of nitrogens with zero attached hydrogens (tertiary/aromatic N) is 1. The molecular formula is C19H23N3O3. The summed E-state index contributed by atoms with van der Waals surface area (Å²) in [5.74, 6) is -0.471. The van der Waals surface area contributed by atoms with Crippen molar-refractivity contribution < 1.29 is 14.0 Å². The van der Waals surface area contributed by atoms with Gasteiger partial charge < -0.3 is 15.1 Å². The van der Waals surface area contributed by atoms with E-state index in [4.69, 9.17) is 4.42 Å². The first-order chi connectivity index (χ1) is 12.1. The number of hydrogen-bond donors (Lipinski definition) is 2. The molecule has 0 saturated carbocycles. The average Bonchev–Trinajstić information content (AvgIpc) is 3.30. The Morgan fingerprint density at radius 3 is 2.64 bits per heavy atom. The zero-order chi connectivity index (χ0) is 17.6. The first kappa shape index (κ1) is 17.2. The molecule has 1 unspecified atom stereocenters. The third-order valence-electron chi connectivity index (χ3n) is 4.35. The molecule has 6 nitrogen and oxygen atoms in total. The topological polar surface area (TPSA) is 74.6 Å². The van der Waals surface area contributed by atoms with Gasteiger partial charge in [-0.05, 0) is 56.6 Å². The maximum Gasteiger partial charge on any atom is 0.287 e. The Morgan fingerprint density at radius 1 is 1.16 bits per heavy atom. The van der Waals surface area contributed by atoms with Crippen LogP contribution in [-0.2, 0) is 11.3 Å². The van der Waals surface area contributed by atoms with Gasteiger partial charge in [-0.15, -0.1) is 0 Å². The summed E-state index contributed by atoms with van der Waals surface area (Å²) in [5, 5.41) is 5.56. The molecule has 1 fully saturated rings. The zero-order valence-corrected chi connectivity index (χ0v) is 14.3. The number of amides is 2. The summed E-state index contributed by atoms with van der Waals surface area (Å²) in [6.07, 6.45) is 3.88. The lowest BCUT2D eigenvalue weighted by Gasteiger charge is -2.19. The van der Waals surface area contributed by atoms with Crippen molar-refractivity contribution in [3.05, 3.63) is 54.0 Å². The van der Waals surface area contributed by atoms with Crippen molar-refractivity contribution >= 4 is 17.5 Å². The van der Waals surface area contributed by atoms with Crippen molar-refractivity contribution in [2.75, 3.05) is 18.4 Å². The summed E-state index contributed by atoms with van der Waals surface area (Å²) in [6.45, 7) is 4.67. The minimum absolute atomic E-state index is 0.189. The van der Waals surface area contributed by atoms with Gasteiger partial charge in [0.15, 0.2) is 5.76 Å². The fourth-order valence-corrected chi connectivity index (χ4v) is 2.94. The van der Waals surface area contributed by atoms with Gasteiger partial charge in [0.25, 0.3) is 5.91 Å². The largest absolute Gasteiger partial charge is 0.459 e. The van der Waals surface area contributed by atoms with E-state index >= 15 is 0 Å². The highest BCUT2D eigenvalue weighted by Crippen LogP contribution is 2.20. The van der Waals surface area contributed by atoms with Crippen LogP contribution >= 0.6 is 0 Å². The molecule has 1 aromatic carbocycles. The van der Waals surface area contributed by atoms with Crippen LogP contribution in [0.25, 0.3) is 0 Å². The molecule has 3 rings (SSSR count). The monoisotopic (exact) mass is 341 g/mol. The first-order valence-electron chi connectivity index (χ1n) is 8.59. The van der Waals surface area contributed by atoms with E-state index in [1.165, 1.54) is 19.1 Å². The highest BCUT2D eigenvalue weighted by Gasteiger charge is 2.20. The van der Waals surface area contributed by atoms with E-state index in [1.54, 1.807) is 19.1 Å². The van der Waals surface area contributed by atoms with Gasteiger partial charge >= 0.3 is 0 Å². The van der Waals surface area contributed by atoms with E-state index < -0.39 is 11.9 Å². The van der Waals surface area contributed by atoms with Crippen molar-refractivity contribution in [1.82, 2.24) is 10.2 Å². The van der Waals surface area contributed by atoms with Crippen LogP contribution in [0.3, 0.4) is 0 Å². The number of carbonyl (C=O) groups excluding carboxylic acids is 2. The lowest BCUT2D eigenvalue weighted by molar-refractivity contribution is -0.117. The number of benzene rings is 1. The quantitative estimate of drug-likeness (QED) is 0.847. The smallest absolute Gasteiger partial charge is 0.287 e. The predicted molar refractivity (Wildman–Crippen MR) is 95.2 cm³/mol. The van der Waals surface area contributed by atoms with Crippen molar-refractivity contribution in [3.8, 4) is 0 Å². The van der Waals surface area contributed by atoms with Crippen LogP contribution in [0.1, 0.15) is 35.9 Å². The number of nitrogens with one attached hydrogen (secondary N) is 2. The standard InChI is InChI=1S/C19H23N3O3/c1-14(20-19(24)17-9-6-12-25-17)18(23)21-16-8-3-2-7-15(16)13-22-10-4-5-11-22/h2-3,6-9,12,14H,4-5,10-11,13H2,1H3,(H,20,24)(H,21,23). The van der Waals surface area contributed by atoms with Crippen molar-refractivity contribution in [2.45, 2.75) is 32.4 Å². The fourth-order valence-electron chi connectivity index (χ4n) is 2.94. The van der Waals surface area contributed by atoms with E-state index in [2.05, 4.69) is 15.5 Å². The lowest BCUT2D eigenvalue weighted by Crippen LogP contribution is -2.41. The Balaban J connectivity index is 1.61. The SMILES string of the molecule is CC(NC(=O)c1ccco1)C(=O)Nc1ccccc1CN1CCCC1. The molecular weight excluding hydrogens is 318 g/mol. The normalized spacial score (nSPS) is 15.7. The molecule has 6 heteroatoms. The summed E-state index contributed by atoms with van der Waals surface area (Å²) >= 11 is 0. The molecule has 1 aliphatic heterocycles. The minimum Gasteiger partial charge on any atom is -0.459 e. The van der Waals surface area contributed by atoms with Crippen LogP contribution in [0.4, 0.5) is 5.69 Å². The number of hydrogen-bond acceptors (Lipinski definition) is 4. The van der Waals surface area contributed by atoms with Crippen LogP contribution in [-0.4, -0.2) is 35.8 Å². The second kappa shape index (κ2) is 7.98. The molecule has 132 valence electrons. The maximum atomic E-state index is 12.4. The molecule has 25 heavy (non-hydrogen) atoms. The second-order valence-electron chi connectivity index (χ2n) is 6.30. The van der Waals surface area contributed by atoms with E-state index in [1.807, 2.05) is 24.3 Å². The third-order valence-corrected chi connectivity index (χ3v) is 4.35. The second-order valence-corrected chi connectivity index (χ2v) is 6.30. The summed E-state index contributed by atoms with van der Waals surface area (Å²) in [5.41, 5.74) is 1.88. The highest BCUT2D eigenvalue weighted by atomic mass is 16.3. The number of anilines is 1. The summed E-state index contributed by atoms with van der Waals surface area (Å²) in [4.78, 5) is 26.8. The van der Waals surface area contributed by atoms with Gasteiger partial charge in [0.05, 0.1) is 6.26 Å². The molecule has 2 N–H and O–H groups in total. The van der Waals surface area contributed by atoms with Gasteiger partial charge in [-0.25, -0.2) is 0 Å². The molecule has 1 aromatic heterocycles. The number of carbonyl (C=O) groups is 2. The molecule has 0 aliphatic carbocycles. The molecule has 2 heterocycles. The van der Waals surface area contributed by atoms with Crippen molar-refractivity contribution in [1.29, 1.82) is 0 Å².